The zero-order valence-electron chi connectivity index (χ0n) is 16.6. The first kappa shape index (κ1) is 21.3. The molecule has 0 aliphatic carbocycles. The van der Waals surface area contributed by atoms with Gasteiger partial charge in [0.25, 0.3) is 0 Å². The molecule has 0 spiro atoms. The van der Waals surface area contributed by atoms with Gasteiger partial charge in [-0.05, 0) is 55.8 Å². The number of benzene rings is 2. The minimum atomic E-state index is -3.99. The molecule has 1 aliphatic rings. The molecule has 0 amide bonds. The molecule has 1 aliphatic heterocycles. The van der Waals surface area contributed by atoms with E-state index in [9.17, 15) is 13.2 Å². The smallest absolute Gasteiger partial charge is 0.327 e. The normalized spacial score (nSPS) is 16.4. The molecule has 0 bridgehead atoms. The highest BCUT2D eigenvalue weighted by atomic mass is 32.2. The molecule has 2 aromatic rings. The number of nitrogens with zero attached hydrogens (tertiary/aromatic N) is 1. The summed E-state index contributed by atoms with van der Waals surface area (Å²) in [5.41, 5.74) is -0.472. The van der Waals surface area contributed by atoms with Crippen molar-refractivity contribution in [2.75, 3.05) is 27.3 Å². The van der Waals surface area contributed by atoms with E-state index in [4.69, 9.17) is 9.47 Å². The third-order valence-corrected chi connectivity index (χ3v) is 7.22. The molecular weight excluding hydrogens is 392 g/mol. The number of ether oxygens (including phenoxy) is 2. The molecule has 7 nitrogen and oxygen atoms in total. The van der Waals surface area contributed by atoms with Crippen molar-refractivity contribution < 1.29 is 22.7 Å². The van der Waals surface area contributed by atoms with Crippen molar-refractivity contribution in [3.63, 3.8) is 0 Å². The third kappa shape index (κ3) is 4.29. The number of nitrogens with one attached hydrogen (secondary N) is 1. The Hall–Kier alpha value is -2.42. The molecule has 1 fully saturated rings. The molecule has 0 radical (unpaired) electrons. The fourth-order valence-corrected chi connectivity index (χ4v) is 5.45. The maximum Gasteiger partial charge on any atom is 0.327 e. The molecule has 0 unspecified atom stereocenters. The molecule has 0 saturated carbocycles. The number of carbonyl (C=O) groups is 1. The Kier molecular flexibility index (Phi) is 6.56. The van der Waals surface area contributed by atoms with Crippen LogP contribution in [-0.2, 0) is 26.1 Å². The first-order valence-corrected chi connectivity index (χ1v) is 10.9. The molecule has 1 heterocycles. The highest BCUT2D eigenvalue weighted by Gasteiger charge is 2.51. The molecule has 0 aromatic heterocycles. The Morgan fingerprint density at radius 1 is 1.03 bits per heavy atom. The summed E-state index contributed by atoms with van der Waals surface area (Å²) in [6.07, 6.45) is 0.670. The molecule has 29 heavy (non-hydrogen) atoms. The summed E-state index contributed by atoms with van der Waals surface area (Å²) in [5, 5.41) is 3.20. The van der Waals surface area contributed by atoms with Crippen molar-refractivity contribution >= 4 is 16.0 Å². The highest BCUT2D eigenvalue weighted by Crippen LogP contribution is 2.35. The van der Waals surface area contributed by atoms with Gasteiger partial charge >= 0.3 is 5.97 Å². The van der Waals surface area contributed by atoms with Gasteiger partial charge in [0, 0.05) is 6.54 Å². The van der Waals surface area contributed by atoms with Gasteiger partial charge in [0.2, 0.25) is 10.0 Å². The summed E-state index contributed by atoms with van der Waals surface area (Å²) in [5.74, 6) is 0.0233. The predicted molar refractivity (Wildman–Crippen MR) is 109 cm³/mol. The minimum Gasteiger partial charge on any atom is -0.497 e. The number of piperidine rings is 1. The van der Waals surface area contributed by atoms with E-state index in [0.29, 0.717) is 31.7 Å². The van der Waals surface area contributed by atoms with E-state index in [-0.39, 0.29) is 11.4 Å². The van der Waals surface area contributed by atoms with E-state index in [1.807, 2.05) is 30.3 Å². The van der Waals surface area contributed by atoms with E-state index in [1.54, 1.807) is 12.1 Å². The van der Waals surface area contributed by atoms with Gasteiger partial charge < -0.3 is 14.8 Å². The molecule has 0 atom stereocenters. The van der Waals surface area contributed by atoms with Crippen molar-refractivity contribution in [2.24, 2.45) is 0 Å². The van der Waals surface area contributed by atoms with Crippen molar-refractivity contribution in [3.05, 3.63) is 60.2 Å². The Bertz CT molecular complexity index is 923. The average Bonchev–Trinajstić information content (AvgIpc) is 2.78. The van der Waals surface area contributed by atoms with Gasteiger partial charge in [-0.2, -0.15) is 4.31 Å². The Morgan fingerprint density at radius 3 is 2.21 bits per heavy atom. The van der Waals surface area contributed by atoms with Crippen LogP contribution >= 0.6 is 0 Å². The fourth-order valence-electron chi connectivity index (χ4n) is 3.68. The van der Waals surface area contributed by atoms with Crippen LogP contribution in [0.25, 0.3) is 0 Å². The molecule has 1 saturated heterocycles. The van der Waals surface area contributed by atoms with Crippen LogP contribution in [0.3, 0.4) is 0 Å². The summed E-state index contributed by atoms with van der Waals surface area (Å²) >= 11 is 0. The molecule has 156 valence electrons. The number of methoxy groups -OCH3 is 2. The number of esters is 1. The molecule has 3 rings (SSSR count). The lowest BCUT2D eigenvalue weighted by atomic mass is 9.88. The summed E-state index contributed by atoms with van der Waals surface area (Å²) in [7, 11) is -1.17. The monoisotopic (exact) mass is 418 g/mol. The molecule has 8 heteroatoms. The van der Waals surface area contributed by atoms with Gasteiger partial charge in [-0.25, -0.2) is 8.42 Å². The average molecular weight is 419 g/mol. The van der Waals surface area contributed by atoms with Crippen LogP contribution in [-0.4, -0.2) is 51.5 Å². The molecular formula is C21H26N2O5S. The lowest BCUT2D eigenvalue weighted by Gasteiger charge is -2.43. The molecule has 1 N–H and O–H groups in total. The van der Waals surface area contributed by atoms with Gasteiger partial charge in [0.15, 0.2) is 0 Å². The van der Waals surface area contributed by atoms with Crippen molar-refractivity contribution in [2.45, 2.75) is 29.8 Å². The number of rotatable bonds is 7. The second-order valence-corrected chi connectivity index (χ2v) is 8.81. The van der Waals surface area contributed by atoms with E-state index in [1.165, 1.54) is 30.7 Å². The van der Waals surface area contributed by atoms with Crippen LogP contribution in [0.5, 0.6) is 5.75 Å². The number of sulfonamides is 1. The van der Waals surface area contributed by atoms with Crippen LogP contribution < -0.4 is 10.1 Å². The topological polar surface area (TPSA) is 84.9 Å². The van der Waals surface area contributed by atoms with E-state index in [0.717, 1.165) is 5.56 Å². The van der Waals surface area contributed by atoms with Gasteiger partial charge in [-0.3, -0.25) is 4.79 Å². The number of hydrogen-bond donors (Lipinski definition) is 1. The predicted octanol–water partition coefficient (Wildman–Crippen LogP) is 2.18. The summed E-state index contributed by atoms with van der Waals surface area (Å²) in [6, 6.07) is 15.5. The second-order valence-electron chi connectivity index (χ2n) is 6.95. The van der Waals surface area contributed by atoms with E-state index >= 15 is 0 Å². The van der Waals surface area contributed by atoms with Crippen LogP contribution in [0.2, 0.25) is 0 Å². The standard InChI is InChI=1S/C21H26N2O5S/c1-27-18-8-10-19(11-9-18)29(25,26)23(16-17-6-4-3-5-7-17)21(20(24)28-2)12-14-22-15-13-21/h3-11,22H,12-16H2,1-2H3. The van der Waals surface area contributed by atoms with Crippen molar-refractivity contribution in [1.29, 1.82) is 0 Å². The maximum absolute atomic E-state index is 13.7. The van der Waals surface area contributed by atoms with Crippen LogP contribution in [0.15, 0.2) is 59.5 Å². The van der Waals surface area contributed by atoms with Gasteiger partial charge in [0.05, 0.1) is 19.1 Å². The van der Waals surface area contributed by atoms with Crippen LogP contribution in [0.4, 0.5) is 0 Å². The highest BCUT2D eigenvalue weighted by molar-refractivity contribution is 7.89. The zero-order chi connectivity index (χ0) is 20.9. The first-order valence-electron chi connectivity index (χ1n) is 9.44. The number of carbonyl (C=O) groups excluding carboxylic acids is 1. The Labute approximate surface area is 171 Å². The quantitative estimate of drug-likeness (QED) is 0.694. The van der Waals surface area contributed by atoms with Gasteiger partial charge in [-0.15, -0.1) is 0 Å². The second kappa shape index (κ2) is 8.94. The van der Waals surface area contributed by atoms with Crippen molar-refractivity contribution in [1.82, 2.24) is 9.62 Å². The zero-order valence-corrected chi connectivity index (χ0v) is 17.4. The lowest BCUT2D eigenvalue weighted by Crippen LogP contribution is -2.61. The Morgan fingerprint density at radius 2 is 1.66 bits per heavy atom. The lowest BCUT2D eigenvalue weighted by molar-refractivity contribution is -0.154. The maximum atomic E-state index is 13.7. The number of hydrogen-bond acceptors (Lipinski definition) is 6. The minimum absolute atomic E-state index is 0.0737. The van der Waals surface area contributed by atoms with E-state index < -0.39 is 21.5 Å². The fraction of sp³-hybridized carbons (Fsp3) is 0.381. The Balaban J connectivity index is 2.11. The summed E-state index contributed by atoms with van der Waals surface area (Å²) in [6.45, 7) is 1.13. The summed E-state index contributed by atoms with van der Waals surface area (Å²) < 4.78 is 39.0. The van der Waals surface area contributed by atoms with E-state index in [2.05, 4.69) is 5.32 Å². The SMILES string of the molecule is COC(=O)C1(N(Cc2ccccc2)S(=O)(=O)c2ccc(OC)cc2)CCNCC1. The third-order valence-electron chi connectivity index (χ3n) is 5.29. The van der Waals surface area contributed by atoms with Crippen LogP contribution in [0.1, 0.15) is 18.4 Å². The first-order chi connectivity index (χ1) is 13.9. The molecule has 2 aromatic carbocycles. The summed E-state index contributed by atoms with van der Waals surface area (Å²) in [4.78, 5) is 13.0. The van der Waals surface area contributed by atoms with Gasteiger partial charge in [0.1, 0.15) is 11.3 Å². The van der Waals surface area contributed by atoms with Crippen molar-refractivity contribution in [3.8, 4) is 5.75 Å². The van der Waals surface area contributed by atoms with Crippen LogP contribution in [0, 0.1) is 0 Å². The largest absolute Gasteiger partial charge is 0.497 e. The van der Waals surface area contributed by atoms with Gasteiger partial charge in [-0.1, -0.05) is 30.3 Å².